The van der Waals surface area contributed by atoms with Crippen LogP contribution in [0, 0.1) is 5.82 Å². The van der Waals surface area contributed by atoms with E-state index < -0.39 is 0 Å². The van der Waals surface area contributed by atoms with E-state index in [9.17, 15) is 9.18 Å². The molecule has 1 aromatic carbocycles. The normalized spacial score (nSPS) is 28.0. The van der Waals surface area contributed by atoms with E-state index in [1.165, 1.54) is 12.1 Å². The summed E-state index contributed by atoms with van der Waals surface area (Å²) >= 11 is 0. The van der Waals surface area contributed by atoms with Crippen LogP contribution in [0.4, 0.5) is 4.39 Å². The van der Waals surface area contributed by atoms with E-state index >= 15 is 0 Å². The van der Waals surface area contributed by atoms with Crippen molar-refractivity contribution in [2.75, 3.05) is 0 Å². The Morgan fingerprint density at radius 3 is 2.75 bits per heavy atom. The van der Waals surface area contributed by atoms with Gasteiger partial charge in [-0.05, 0) is 56.9 Å². The predicted molar refractivity (Wildman–Crippen MR) is 89.5 cm³/mol. The third-order valence-electron chi connectivity index (χ3n) is 5.37. The van der Waals surface area contributed by atoms with Crippen molar-refractivity contribution in [3.8, 4) is 5.75 Å². The second-order valence-electron chi connectivity index (χ2n) is 6.89. The zero-order valence-corrected chi connectivity index (χ0v) is 13.7. The average Bonchev–Trinajstić information content (AvgIpc) is 2.85. The Kier molecular flexibility index (Phi) is 3.96. The Labute approximate surface area is 140 Å². The SMILES string of the molecule is CC(C=O)N1C2CCC1CC(Oc1ccnc3ccc(F)cc13)C2. The van der Waals surface area contributed by atoms with Gasteiger partial charge in [0.15, 0.2) is 0 Å². The molecule has 3 atom stereocenters. The molecule has 2 saturated heterocycles. The van der Waals surface area contributed by atoms with Crippen molar-refractivity contribution in [1.29, 1.82) is 0 Å². The fourth-order valence-electron chi connectivity index (χ4n) is 4.37. The molecule has 4 rings (SSSR count). The summed E-state index contributed by atoms with van der Waals surface area (Å²) < 4.78 is 19.8. The number of aldehydes is 1. The van der Waals surface area contributed by atoms with Gasteiger partial charge in [0.1, 0.15) is 24.0 Å². The first kappa shape index (κ1) is 15.5. The van der Waals surface area contributed by atoms with E-state index in [-0.39, 0.29) is 18.0 Å². The number of carbonyl (C=O) groups is 1. The third kappa shape index (κ3) is 2.67. The first-order chi connectivity index (χ1) is 11.7. The Morgan fingerprint density at radius 1 is 1.29 bits per heavy atom. The molecule has 0 N–H and O–H groups in total. The molecule has 126 valence electrons. The maximum atomic E-state index is 13.6. The van der Waals surface area contributed by atoms with Crippen molar-refractivity contribution >= 4 is 17.2 Å². The first-order valence-corrected chi connectivity index (χ1v) is 8.59. The summed E-state index contributed by atoms with van der Waals surface area (Å²) in [6.07, 6.45) is 6.90. The van der Waals surface area contributed by atoms with E-state index in [0.29, 0.717) is 23.2 Å². The lowest BCUT2D eigenvalue weighted by atomic mass is 9.98. The second-order valence-corrected chi connectivity index (χ2v) is 6.89. The third-order valence-corrected chi connectivity index (χ3v) is 5.37. The number of nitrogens with zero attached hydrogens (tertiary/aromatic N) is 2. The van der Waals surface area contributed by atoms with E-state index in [1.54, 1.807) is 12.3 Å². The summed E-state index contributed by atoms with van der Waals surface area (Å²) in [4.78, 5) is 17.8. The summed E-state index contributed by atoms with van der Waals surface area (Å²) in [5.41, 5.74) is 0.740. The fraction of sp³-hybridized carbons (Fsp3) is 0.474. The zero-order valence-electron chi connectivity index (χ0n) is 13.7. The van der Waals surface area contributed by atoms with E-state index in [1.807, 2.05) is 13.0 Å². The van der Waals surface area contributed by atoms with Gasteiger partial charge < -0.3 is 9.53 Å². The number of hydrogen-bond donors (Lipinski definition) is 0. The van der Waals surface area contributed by atoms with Crippen LogP contribution in [-0.2, 0) is 4.79 Å². The molecular formula is C19H21FN2O2. The minimum absolute atomic E-state index is 0.0284. The highest BCUT2D eigenvalue weighted by Gasteiger charge is 2.43. The van der Waals surface area contributed by atoms with Crippen molar-refractivity contribution in [1.82, 2.24) is 9.88 Å². The molecule has 3 heterocycles. The molecule has 0 aliphatic carbocycles. The minimum Gasteiger partial charge on any atom is -0.490 e. The van der Waals surface area contributed by atoms with Crippen molar-refractivity contribution in [3.63, 3.8) is 0 Å². The maximum absolute atomic E-state index is 13.6. The standard InChI is InChI=1S/C19H21FN2O2/c1-12(11-23)22-14-3-4-15(22)10-16(9-14)24-19-6-7-21-18-5-2-13(20)8-17(18)19/h2,5-8,11-12,14-16H,3-4,9-10H2,1H3. The minimum atomic E-state index is -0.282. The molecule has 2 aliphatic heterocycles. The molecule has 3 unspecified atom stereocenters. The van der Waals surface area contributed by atoms with Crippen LogP contribution >= 0.6 is 0 Å². The van der Waals surface area contributed by atoms with Crippen LogP contribution in [0.1, 0.15) is 32.6 Å². The molecule has 0 spiro atoms. The van der Waals surface area contributed by atoms with Gasteiger partial charge in [-0.3, -0.25) is 9.88 Å². The van der Waals surface area contributed by atoms with Gasteiger partial charge in [0, 0.05) is 23.7 Å². The lowest BCUT2D eigenvalue weighted by Crippen LogP contribution is -2.50. The number of rotatable bonds is 4. The Balaban J connectivity index is 1.56. The van der Waals surface area contributed by atoms with Crippen LogP contribution in [0.25, 0.3) is 10.9 Å². The highest BCUT2D eigenvalue weighted by atomic mass is 19.1. The van der Waals surface area contributed by atoms with E-state index in [0.717, 1.165) is 37.5 Å². The van der Waals surface area contributed by atoms with Crippen LogP contribution in [0.5, 0.6) is 5.75 Å². The molecule has 0 amide bonds. The summed E-state index contributed by atoms with van der Waals surface area (Å²) in [5.74, 6) is 0.413. The van der Waals surface area contributed by atoms with Crippen LogP contribution < -0.4 is 4.74 Å². The highest BCUT2D eigenvalue weighted by molar-refractivity contribution is 5.84. The summed E-state index contributed by atoms with van der Waals surface area (Å²) in [6.45, 7) is 1.97. The van der Waals surface area contributed by atoms with Crippen LogP contribution in [0.2, 0.25) is 0 Å². The van der Waals surface area contributed by atoms with Crippen molar-refractivity contribution < 1.29 is 13.9 Å². The number of ether oxygens (including phenoxy) is 1. The lowest BCUT2D eigenvalue weighted by Gasteiger charge is -2.40. The van der Waals surface area contributed by atoms with Gasteiger partial charge in [0.25, 0.3) is 0 Å². The van der Waals surface area contributed by atoms with Crippen molar-refractivity contribution in [2.24, 2.45) is 0 Å². The molecular weight excluding hydrogens is 307 g/mol. The Bertz CT molecular complexity index is 752. The predicted octanol–water partition coefficient (Wildman–Crippen LogP) is 3.34. The number of aromatic nitrogens is 1. The first-order valence-electron chi connectivity index (χ1n) is 8.59. The highest BCUT2D eigenvalue weighted by Crippen LogP contribution is 2.39. The largest absolute Gasteiger partial charge is 0.490 e. The summed E-state index contributed by atoms with van der Waals surface area (Å²) in [6, 6.07) is 7.16. The second kappa shape index (κ2) is 6.13. The molecule has 2 bridgehead atoms. The van der Waals surface area contributed by atoms with Gasteiger partial charge in [0.2, 0.25) is 0 Å². The smallest absolute Gasteiger partial charge is 0.136 e. The number of halogens is 1. The van der Waals surface area contributed by atoms with Crippen LogP contribution in [0.3, 0.4) is 0 Å². The van der Waals surface area contributed by atoms with Gasteiger partial charge in [0.05, 0.1) is 11.6 Å². The zero-order chi connectivity index (χ0) is 16.7. The van der Waals surface area contributed by atoms with Gasteiger partial charge in [-0.1, -0.05) is 0 Å². The van der Waals surface area contributed by atoms with E-state index in [4.69, 9.17) is 4.74 Å². The Hall–Kier alpha value is -2.01. The maximum Gasteiger partial charge on any atom is 0.136 e. The quantitative estimate of drug-likeness (QED) is 0.808. The number of piperidine rings is 1. The average molecular weight is 328 g/mol. The number of hydrogen-bond acceptors (Lipinski definition) is 4. The molecule has 0 radical (unpaired) electrons. The molecule has 2 fully saturated rings. The lowest BCUT2D eigenvalue weighted by molar-refractivity contribution is -0.114. The van der Waals surface area contributed by atoms with Gasteiger partial charge >= 0.3 is 0 Å². The molecule has 5 heteroatoms. The number of benzene rings is 1. The van der Waals surface area contributed by atoms with Gasteiger partial charge in [-0.25, -0.2) is 4.39 Å². The van der Waals surface area contributed by atoms with Gasteiger partial charge in [-0.15, -0.1) is 0 Å². The molecule has 24 heavy (non-hydrogen) atoms. The molecule has 4 nitrogen and oxygen atoms in total. The van der Waals surface area contributed by atoms with Crippen LogP contribution in [-0.4, -0.2) is 40.4 Å². The monoisotopic (exact) mass is 328 g/mol. The molecule has 2 aromatic rings. The number of fused-ring (bicyclic) bond motifs is 3. The molecule has 0 saturated carbocycles. The van der Waals surface area contributed by atoms with E-state index in [2.05, 4.69) is 9.88 Å². The number of carbonyl (C=O) groups excluding carboxylic acids is 1. The number of pyridine rings is 1. The summed E-state index contributed by atoms with van der Waals surface area (Å²) in [5, 5.41) is 0.716. The topological polar surface area (TPSA) is 42.4 Å². The molecule has 2 aliphatic rings. The van der Waals surface area contributed by atoms with Gasteiger partial charge in [-0.2, -0.15) is 0 Å². The van der Waals surface area contributed by atoms with Crippen molar-refractivity contribution in [3.05, 3.63) is 36.3 Å². The van der Waals surface area contributed by atoms with Crippen LogP contribution in [0.15, 0.2) is 30.5 Å². The fourth-order valence-corrected chi connectivity index (χ4v) is 4.37. The molecule has 1 aromatic heterocycles. The van der Waals surface area contributed by atoms with Crippen molar-refractivity contribution in [2.45, 2.75) is 56.8 Å². The Morgan fingerprint density at radius 2 is 2.04 bits per heavy atom. The summed E-state index contributed by atoms with van der Waals surface area (Å²) in [7, 11) is 0.